The molecule has 17 heavy (non-hydrogen) atoms. The Balaban J connectivity index is 2.61. The van der Waals surface area contributed by atoms with Crippen LogP contribution in [0.15, 0.2) is 18.2 Å². The van der Waals surface area contributed by atoms with Crippen LogP contribution in [0.4, 0.5) is 4.39 Å². The van der Waals surface area contributed by atoms with Crippen molar-refractivity contribution >= 4 is 17.5 Å². The number of nitrogens with one attached hydrogen (secondary N) is 1. The van der Waals surface area contributed by atoms with E-state index >= 15 is 0 Å². The minimum absolute atomic E-state index is 0.0901. The van der Waals surface area contributed by atoms with E-state index in [1.54, 1.807) is 0 Å². The summed E-state index contributed by atoms with van der Waals surface area (Å²) in [5.41, 5.74) is 0.280. The monoisotopic (exact) mass is 261 g/mol. The van der Waals surface area contributed by atoms with Crippen molar-refractivity contribution in [3.05, 3.63) is 34.6 Å². The summed E-state index contributed by atoms with van der Waals surface area (Å²) in [6.07, 6.45) is -0.519. The normalized spacial score (nSPS) is 10.6. The Kier molecular flexibility index (Phi) is 5.34. The van der Waals surface area contributed by atoms with Gasteiger partial charge < -0.3 is 14.8 Å². The van der Waals surface area contributed by atoms with Gasteiger partial charge in [0.15, 0.2) is 6.29 Å². The number of ether oxygens (including phenoxy) is 2. The van der Waals surface area contributed by atoms with Gasteiger partial charge in [0.05, 0.1) is 11.6 Å². The zero-order chi connectivity index (χ0) is 12.8. The molecule has 0 bridgehead atoms. The average molecular weight is 262 g/mol. The van der Waals surface area contributed by atoms with E-state index in [-0.39, 0.29) is 23.0 Å². The lowest BCUT2D eigenvalue weighted by molar-refractivity contribution is -0.0974. The molecule has 0 saturated heterocycles. The smallest absolute Gasteiger partial charge is 0.251 e. The molecule has 0 aliphatic carbocycles. The summed E-state index contributed by atoms with van der Waals surface area (Å²) in [6, 6.07) is 3.76. The van der Waals surface area contributed by atoms with E-state index in [4.69, 9.17) is 21.1 Å². The van der Waals surface area contributed by atoms with Gasteiger partial charge in [0, 0.05) is 19.8 Å². The van der Waals surface area contributed by atoms with Gasteiger partial charge in [-0.3, -0.25) is 4.79 Å². The average Bonchev–Trinajstić information content (AvgIpc) is 2.33. The number of halogens is 2. The molecule has 4 nitrogen and oxygen atoms in total. The standard InChI is InChI=1S/C11H13ClFNO3/c1-16-10(17-2)6-14-11(15)7-3-4-9(13)8(12)5-7/h3-5,10H,6H2,1-2H3,(H,14,15). The number of benzene rings is 1. The minimum Gasteiger partial charge on any atom is -0.354 e. The molecular formula is C11H13ClFNO3. The molecule has 1 rings (SSSR count). The Morgan fingerprint density at radius 2 is 2.12 bits per heavy atom. The van der Waals surface area contributed by atoms with Crippen LogP contribution >= 0.6 is 11.6 Å². The maximum atomic E-state index is 12.9. The van der Waals surface area contributed by atoms with Crippen LogP contribution in [0.1, 0.15) is 10.4 Å². The van der Waals surface area contributed by atoms with Crippen LogP contribution < -0.4 is 5.32 Å². The Labute approximate surface area is 104 Å². The van der Waals surface area contributed by atoms with Crippen LogP contribution in [0.25, 0.3) is 0 Å². The van der Waals surface area contributed by atoms with Crippen molar-refractivity contribution in [3.8, 4) is 0 Å². The topological polar surface area (TPSA) is 47.6 Å². The van der Waals surface area contributed by atoms with E-state index in [9.17, 15) is 9.18 Å². The highest BCUT2D eigenvalue weighted by atomic mass is 35.5. The maximum absolute atomic E-state index is 12.9. The SMILES string of the molecule is COC(CNC(=O)c1ccc(F)c(Cl)c1)OC. The highest BCUT2D eigenvalue weighted by Gasteiger charge is 2.11. The summed E-state index contributed by atoms with van der Waals surface area (Å²) in [5, 5.41) is 2.49. The molecule has 0 aliphatic heterocycles. The van der Waals surface area contributed by atoms with Crippen molar-refractivity contribution in [1.29, 1.82) is 0 Å². The summed E-state index contributed by atoms with van der Waals surface area (Å²) in [7, 11) is 2.93. The van der Waals surface area contributed by atoms with Gasteiger partial charge >= 0.3 is 0 Å². The van der Waals surface area contributed by atoms with E-state index in [0.29, 0.717) is 0 Å². The molecule has 0 spiro atoms. The highest BCUT2D eigenvalue weighted by molar-refractivity contribution is 6.31. The number of hydrogen-bond acceptors (Lipinski definition) is 3. The fourth-order valence-electron chi connectivity index (χ4n) is 1.18. The van der Waals surface area contributed by atoms with E-state index in [2.05, 4.69) is 5.32 Å². The first-order valence-corrected chi connectivity index (χ1v) is 5.25. The molecule has 1 N–H and O–H groups in total. The third kappa shape index (κ3) is 3.96. The van der Waals surface area contributed by atoms with Gasteiger partial charge in [-0.2, -0.15) is 0 Å². The van der Waals surface area contributed by atoms with Crippen LogP contribution in [0, 0.1) is 5.82 Å². The Morgan fingerprint density at radius 3 is 2.65 bits per heavy atom. The first-order valence-electron chi connectivity index (χ1n) is 4.87. The lowest BCUT2D eigenvalue weighted by atomic mass is 10.2. The largest absolute Gasteiger partial charge is 0.354 e. The lowest BCUT2D eigenvalue weighted by Crippen LogP contribution is -2.34. The van der Waals surface area contributed by atoms with E-state index in [0.717, 1.165) is 6.07 Å². The minimum atomic E-state index is -0.560. The number of carbonyl (C=O) groups excluding carboxylic acids is 1. The molecule has 0 unspecified atom stereocenters. The first kappa shape index (κ1) is 13.9. The van der Waals surface area contributed by atoms with E-state index in [1.165, 1.54) is 26.4 Å². The maximum Gasteiger partial charge on any atom is 0.251 e. The summed E-state index contributed by atoms with van der Waals surface area (Å²) >= 11 is 5.57. The Bertz CT molecular complexity index is 396. The number of hydrogen-bond donors (Lipinski definition) is 1. The molecule has 1 aromatic carbocycles. The molecule has 0 fully saturated rings. The zero-order valence-electron chi connectivity index (χ0n) is 9.50. The van der Waals surface area contributed by atoms with Gasteiger partial charge in [0.25, 0.3) is 5.91 Å². The fraction of sp³-hybridized carbons (Fsp3) is 0.364. The number of rotatable bonds is 5. The van der Waals surface area contributed by atoms with Crippen molar-refractivity contribution in [2.45, 2.75) is 6.29 Å². The van der Waals surface area contributed by atoms with Crippen molar-refractivity contribution < 1.29 is 18.7 Å². The van der Waals surface area contributed by atoms with Gasteiger partial charge in [-0.25, -0.2) is 4.39 Å². The summed E-state index contributed by atoms with van der Waals surface area (Å²) in [4.78, 5) is 11.6. The van der Waals surface area contributed by atoms with Crippen LogP contribution in [-0.4, -0.2) is 33.0 Å². The zero-order valence-corrected chi connectivity index (χ0v) is 10.3. The van der Waals surface area contributed by atoms with E-state index < -0.39 is 12.1 Å². The van der Waals surface area contributed by atoms with E-state index in [1.807, 2.05) is 0 Å². The lowest BCUT2D eigenvalue weighted by Gasteiger charge is -2.14. The quantitative estimate of drug-likeness (QED) is 0.823. The predicted octanol–water partition coefficient (Wildman–Crippen LogP) is 1.83. The first-order chi connectivity index (χ1) is 8.08. The molecule has 1 amide bonds. The summed E-state index contributed by atoms with van der Waals surface area (Å²) in [6.45, 7) is 0.195. The molecule has 0 aliphatic rings. The molecule has 0 radical (unpaired) electrons. The second-order valence-electron chi connectivity index (χ2n) is 3.24. The molecule has 0 atom stereocenters. The summed E-state index contributed by atoms with van der Waals surface area (Å²) in [5.74, 6) is -0.930. The molecule has 0 aromatic heterocycles. The second kappa shape index (κ2) is 6.54. The van der Waals surface area contributed by atoms with Gasteiger partial charge in [-0.15, -0.1) is 0 Å². The molecular weight excluding hydrogens is 249 g/mol. The third-order valence-electron chi connectivity index (χ3n) is 2.14. The van der Waals surface area contributed by atoms with Crippen LogP contribution in [0.2, 0.25) is 5.02 Å². The van der Waals surface area contributed by atoms with Crippen molar-refractivity contribution in [2.75, 3.05) is 20.8 Å². The molecule has 6 heteroatoms. The Hall–Kier alpha value is -1.17. The molecule has 94 valence electrons. The van der Waals surface area contributed by atoms with Gasteiger partial charge in [0.2, 0.25) is 0 Å². The van der Waals surface area contributed by atoms with Gasteiger partial charge in [-0.05, 0) is 18.2 Å². The Morgan fingerprint density at radius 1 is 1.47 bits per heavy atom. The highest BCUT2D eigenvalue weighted by Crippen LogP contribution is 2.15. The van der Waals surface area contributed by atoms with Crippen molar-refractivity contribution in [2.24, 2.45) is 0 Å². The fourth-order valence-corrected chi connectivity index (χ4v) is 1.36. The number of methoxy groups -OCH3 is 2. The van der Waals surface area contributed by atoms with Gasteiger partial charge in [0.1, 0.15) is 5.82 Å². The molecule has 0 heterocycles. The third-order valence-corrected chi connectivity index (χ3v) is 2.43. The summed E-state index contributed by atoms with van der Waals surface area (Å²) < 4.78 is 22.7. The second-order valence-corrected chi connectivity index (χ2v) is 3.65. The van der Waals surface area contributed by atoms with Crippen LogP contribution in [-0.2, 0) is 9.47 Å². The van der Waals surface area contributed by atoms with Crippen LogP contribution in [0.3, 0.4) is 0 Å². The van der Waals surface area contributed by atoms with Crippen molar-refractivity contribution in [1.82, 2.24) is 5.32 Å². The number of carbonyl (C=O) groups is 1. The molecule has 0 saturated carbocycles. The van der Waals surface area contributed by atoms with Crippen LogP contribution in [0.5, 0.6) is 0 Å². The molecule has 1 aromatic rings. The predicted molar refractivity (Wildman–Crippen MR) is 61.5 cm³/mol. The van der Waals surface area contributed by atoms with Gasteiger partial charge in [-0.1, -0.05) is 11.6 Å². The van der Waals surface area contributed by atoms with Crippen molar-refractivity contribution in [3.63, 3.8) is 0 Å². The number of amides is 1.